The summed E-state index contributed by atoms with van der Waals surface area (Å²) in [6.07, 6.45) is 6.51. The zero-order valence-electron chi connectivity index (χ0n) is 11.3. The lowest BCUT2D eigenvalue weighted by Gasteiger charge is -2.14. The van der Waals surface area contributed by atoms with Gasteiger partial charge in [-0.25, -0.2) is 0 Å². The highest BCUT2D eigenvalue weighted by Gasteiger charge is 2.10. The maximum atomic E-state index is 2.60. The lowest BCUT2D eigenvalue weighted by molar-refractivity contribution is 0.334. The monoisotopic (exact) mass is 231 g/mol. The van der Waals surface area contributed by atoms with Crippen LogP contribution in [0.5, 0.6) is 0 Å². The molecule has 0 bridgehead atoms. The van der Waals surface area contributed by atoms with Crippen molar-refractivity contribution in [3.63, 3.8) is 0 Å². The average Bonchev–Trinajstić information content (AvgIpc) is 2.82. The molecule has 0 aliphatic carbocycles. The van der Waals surface area contributed by atoms with E-state index in [1.807, 2.05) is 0 Å². The van der Waals surface area contributed by atoms with Crippen molar-refractivity contribution in [2.45, 2.75) is 46.0 Å². The average molecular weight is 231 g/mol. The van der Waals surface area contributed by atoms with Gasteiger partial charge in [0.1, 0.15) is 0 Å². The molecule has 0 saturated carbocycles. The Labute approximate surface area is 106 Å². The smallest absolute Gasteiger partial charge is 0.00156 e. The quantitative estimate of drug-likeness (QED) is 0.748. The summed E-state index contributed by atoms with van der Waals surface area (Å²) in [4.78, 5) is 2.60. The molecule has 0 aromatic heterocycles. The summed E-state index contributed by atoms with van der Waals surface area (Å²) in [6, 6.07) is 7.00. The van der Waals surface area contributed by atoms with Crippen molar-refractivity contribution in [1.82, 2.24) is 4.90 Å². The van der Waals surface area contributed by atoms with E-state index >= 15 is 0 Å². The molecule has 1 heteroatoms. The lowest BCUT2D eigenvalue weighted by Crippen LogP contribution is -2.20. The van der Waals surface area contributed by atoms with Crippen LogP contribution in [-0.2, 0) is 12.8 Å². The number of likely N-dealkylation sites (tertiary alicyclic amines) is 1. The summed E-state index contributed by atoms with van der Waals surface area (Å²) in [7, 11) is 0. The summed E-state index contributed by atoms with van der Waals surface area (Å²) < 4.78 is 0. The molecule has 1 aromatic rings. The minimum atomic E-state index is 1.15. The summed E-state index contributed by atoms with van der Waals surface area (Å²) >= 11 is 0. The van der Waals surface area contributed by atoms with Crippen LogP contribution in [0.3, 0.4) is 0 Å². The topological polar surface area (TPSA) is 3.24 Å². The maximum absolute atomic E-state index is 2.60. The largest absolute Gasteiger partial charge is 0.303 e. The molecule has 0 unspecified atom stereocenters. The maximum Gasteiger partial charge on any atom is -0.00156 e. The SMILES string of the molecule is CCc1ccc(CCCN2CCCC2)cc1C. The van der Waals surface area contributed by atoms with E-state index in [4.69, 9.17) is 0 Å². The second-order valence-electron chi connectivity index (χ2n) is 5.27. The van der Waals surface area contributed by atoms with Gasteiger partial charge in [-0.2, -0.15) is 0 Å². The second kappa shape index (κ2) is 6.20. The third kappa shape index (κ3) is 3.57. The Balaban J connectivity index is 1.80. The van der Waals surface area contributed by atoms with Crippen LogP contribution in [0, 0.1) is 6.92 Å². The number of aryl methyl sites for hydroxylation is 3. The summed E-state index contributed by atoms with van der Waals surface area (Å²) in [6.45, 7) is 8.41. The van der Waals surface area contributed by atoms with E-state index in [1.54, 1.807) is 0 Å². The molecule has 0 N–H and O–H groups in total. The zero-order chi connectivity index (χ0) is 12.1. The minimum absolute atomic E-state index is 1.15. The van der Waals surface area contributed by atoms with Crippen molar-refractivity contribution in [3.8, 4) is 0 Å². The lowest BCUT2D eigenvalue weighted by atomic mass is 10.0. The van der Waals surface area contributed by atoms with Crippen LogP contribution in [-0.4, -0.2) is 24.5 Å². The van der Waals surface area contributed by atoms with Gasteiger partial charge in [-0.15, -0.1) is 0 Å². The molecule has 1 aliphatic rings. The molecule has 1 aromatic carbocycles. The Morgan fingerprint density at radius 1 is 1.18 bits per heavy atom. The number of nitrogens with zero attached hydrogens (tertiary/aromatic N) is 1. The standard InChI is InChI=1S/C16H25N/c1-3-16-9-8-15(13-14(16)2)7-6-12-17-10-4-5-11-17/h8-9,13H,3-7,10-12H2,1-2H3. The fourth-order valence-corrected chi connectivity index (χ4v) is 2.82. The highest BCUT2D eigenvalue weighted by atomic mass is 15.1. The Kier molecular flexibility index (Phi) is 4.61. The first-order valence-corrected chi connectivity index (χ1v) is 7.10. The predicted molar refractivity (Wildman–Crippen MR) is 74.6 cm³/mol. The predicted octanol–water partition coefficient (Wildman–Crippen LogP) is 3.59. The molecule has 0 spiro atoms. The van der Waals surface area contributed by atoms with Gasteiger partial charge >= 0.3 is 0 Å². The van der Waals surface area contributed by atoms with Gasteiger partial charge in [-0.1, -0.05) is 25.1 Å². The third-order valence-corrected chi connectivity index (χ3v) is 3.93. The molecule has 0 radical (unpaired) electrons. The number of hydrogen-bond donors (Lipinski definition) is 0. The minimum Gasteiger partial charge on any atom is -0.303 e. The Morgan fingerprint density at radius 3 is 2.59 bits per heavy atom. The molecule has 0 atom stereocenters. The van der Waals surface area contributed by atoms with Crippen molar-refractivity contribution in [3.05, 3.63) is 34.9 Å². The molecule has 17 heavy (non-hydrogen) atoms. The normalized spacial score (nSPS) is 16.6. The van der Waals surface area contributed by atoms with Crippen LogP contribution in [0.1, 0.15) is 42.9 Å². The molecular formula is C16H25N. The number of benzene rings is 1. The van der Waals surface area contributed by atoms with Gasteiger partial charge in [0.2, 0.25) is 0 Å². The van der Waals surface area contributed by atoms with Crippen LogP contribution >= 0.6 is 0 Å². The molecule has 2 rings (SSSR count). The zero-order valence-corrected chi connectivity index (χ0v) is 11.3. The molecule has 1 fully saturated rings. The molecule has 0 amide bonds. The van der Waals surface area contributed by atoms with E-state index in [9.17, 15) is 0 Å². The van der Waals surface area contributed by atoms with E-state index in [2.05, 4.69) is 36.9 Å². The van der Waals surface area contributed by atoms with Gasteiger partial charge in [0.05, 0.1) is 0 Å². The van der Waals surface area contributed by atoms with Crippen molar-refractivity contribution in [2.24, 2.45) is 0 Å². The van der Waals surface area contributed by atoms with Gasteiger partial charge in [0.15, 0.2) is 0 Å². The van der Waals surface area contributed by atoms with Crippen LogP contribution in [0.25, 0.3) is 0 Å². The Bertz CT molecular complexity index is 351. The van der Waals surface area contributed by atoms with Crippen LogP contribution in [0.2, 0.25) is 0 Å². The van der Waals surface area contributed by atoms with Gasteiger partial charge in [0.25, 0.3) is 0 Å². The summed E-state index contributed by atoms with van der Waals surface area (Å²) in [5, 5.41) is 0. The van der Waals surface area contributed by atoms with Gasteiger partial charge in [-0.05, 0) is 75.4 Å². The van der Waals surface area contributed by atoms with E-state index in [0.29, 0.717) is 0 Å². The highest BCUT2D eigenvalue weighted by molar-refractivity contribution is 5.31. The fraction of sp³-hybridized carbons (Fsp3) is 0.625. The van der Waals surface area contributed by atoms with E-state index in [-0.39, 0.29) is 0 Å². The van der Waals surface area contributed by atoms with Crippen LogP contribution in [0.4, 0.5) is 0 Å². The number of rotatable bonds is 5. The third-order valence-electron chi connectivity index (χ3n) is 3.93. The molecule has 1 aliphatic heterocycles. The van der Waals surface area contributed by atoms with Crippen molar-refractivity contribution < 1.29 is 0 Å². The molecule has 1 nitrogen and oxygen atoms in total. The van der Waals surface area contributed by atoms with E-state index in [1.165, 1.54) is 62.0 Å². The summed E-state index contributed by atoms with van der Waals surface area (Å²) in [5.41, 5.74) is 4.47. The molecule has 94 valence electrons. The fourth-order valence-electron chi connectivity index (χ4n) is 2.82. The van der Waals surface area contributed by atoms with Crippen molar-refractivity contribution in [2.75, 3.05) is 19.6 Å². The second-order valence-corrected chi connectivity index (χ2v) is 5.27. The van der Waals surface area contributed by atoms with E-state index < -0.39 is 0 Å². The van der Waals surface area contributed by atoms with Gasteiger partial charge < -0.3 is 4.90 Å². The van der Waals surface area contributed by atoms with Crippen molar-refractivity contribution in [1.29, 1.82) is 0 Å². The highest BCUT2D eigenvalue weighted by Crippen LogP contribution is 2.14. The Hall–Kier alpha value is -0.820. The van der Waals surface area contributed by atoms with Gasteiger partial charge in [0, 0.05) is 0 Å². The van der Waals surface area contributed by atoms with Crippen LogP contribution < -0.4 is 0 Å². The Morgan fingerprint density at radius 2 is 1.94 bits per heavy atom. The summed E-state index contributed by atoms with van der Waals surface area (Å²) in [5.74, 6) is 0. The first-order chi connectivity index (χ1) is 8.29. The number of hydrogen-bond acceptors (Lipinski definition) is 1. The molecule has 1 saturated heterocycles. The van der Waals surface area contributed by atoms with Gasteiger partial charge in [-0.3, -0.25) is 0 Å². The molecular weight excluding hydrogens is 206 g/mol. The first kappa shape index (κ1) is 12.6. The van der Waals surface area contributed by atoms with Crippen LogP contribution in [0.15, 0.2) is 18.2 Å². The van der Waals surface area contributed by atoms with Crippen molar-refractivity contribution >= 4 is 0 Å². The van der Waals surface area contributed by atoms with E-state index in [0.717, 1.165) is 6.42 Å². The molecule has 1 heterocycles. The first-order valence-electron chi connectivity index (χ1n) is 7.10.